The normalized spacial score (nSPS) is 23.3. The molecule has 0 N–H and O–H groups in total. The van der Waals surface area contributed by atoms with Gasteiger partial charge in [-0.15, -0.1) is 0 Å². The van der Waals surface area contributed by atoms with Crippen LogP contribution in [0.4, 0.5) is 0 Å². The van der Waals surface area contributed by atoms with Crippen molar-refractivity contribution < 1.29 is 4.79 Å². The van der Waals surface area contributed by atoms with Gasteiger partial charge in [0.05, 0.1) is 6.07 Å². The molecule has 0 aliphatic carbocycles. The van der Waals surface area contributed by atoms with Crippen LogP contribution < -0.4 is 0 Å². The molecule has 3 heteroatoms. The Balaban J connectivity index is 2.52. The Morgan fingerprint density at radius 1 is 1.56 bits per heavy atom. The number of piperidine rings is 1. The third-order valence-electron chi connectivity index (χ3n) is 3.28. The third-order valence-corrected chi connectivity index (χ3v) is 3.28. The summed E-state index contributed by atoms with van der Waals surface area (Å²) in [5.74, 6) is 1.35. The number of nitrogens with zero attached hydrogens (tertiary/aromatic N) is 2. The third kappa shape index (κ3) is 3.23. The molecule has 2 unspecified atom stereocenters. The standard InChI is InChI=1S/C13H22N2O/c1-4-12(9-14)15-6-5-11(7-10(2)3)8-13(15)16/h10-12H,4-8H2,1-3H3. The fourth-order valence-electron chi connectivity index (χ4n) is 2.49. The van der Waals surface area contributed by atoms with Crippen molar-refractivity contribution in [2.24, 2.45) is 11.8 Å². The maximum absolute atomic E-state index is 11.9. The highest BCUT2D eigenvalue weighted by Gasteiger charge is 2.30. The smallest absolute Gasteiger partial charge is 0.223 e. The maximum atomic E-state index is 11.9. The Hall–Kier alpha value is -1.04. The van der Waals surface area contributed by atoms with Gasteiger partial charge in [0, 0.05) is 13.0 Å². The molecule has 90 valence electrons. The van der Waals surface area contributed by atoms with Crippen LogP contribution in [0.5, 0.6) is 0 Å². The van der Waals surface area contributed by atoms with Crippen LogP contribution in [0.2, 0.25) is 0 Å². The van der Waals surface area contributed by atoms with E-state index in [2.05, 4.69) is 19.9 Å². The molecule has 1 rings (SSSR count). The first-order valence-electron chi connectivity index (χ1n) is 6.27. The molecule has 16 heavy (non-hydrogen) atoms. The molecule has 3 nitrogen and oxygen atoms in total. The van der Waals surface area contributed by atoms with E-state index in [9.17, 15) is 4.79 Å². The van der Waals surface area contributed by atoms with Crippen molar-refractivity contribution in [2.75, 3.05) is 6.54 Å². The Morgan fingerprint density at radius 2 is 2.25 bits per heavy atom. The fourth-order valence-corrected chi connectivity index (χ4v) is 2.49. The molecule has 1 saturated heterocycles. The van der Waals surface area contributed by atoms with E-state index in [4.69, 9.17) is 5.26 Å². The second-order valence-corrected chi connectivity index (χ2v) is 5.13. The summed E-state index contributed by atoms with van der Waals surface area (Å²) in [7, 11) is 0. The Kier molecular flexibility index (Phi) is 4.79. The maximum Gasteiger partial charge on any atom is 0.223 e. The minimum absolute atomic E-state index is 0.172. The SMILES string of the molecule is CCC(C#N)N1CCC(CC(C)C)CC1=O. The van der Waals surface area contributed by atoms with Crippen LogP contribution in [0.3, 0.4) is 0 Å². The predicted molar refractivity (Wildman–Crippen MR) is 63.6 cm³/mol. The summed E-state index contributed by atoms with van der Waals surface area (Å²) < 4.78 is 0. The summed E-state index contributed by atoms with van der Waals surface area (Å²) in [6.45, 7) is 7.12. The number of amides is 1. The number of hydrogen-bond donors (Lipinski definition) is 0. The number of nitriles is 1. The largest absolute Gasteiger partial charge is 0.327 e. The summed E-state index contributed by atoms with van der Waals surface area (Å²) in [5, 5.41) is 8.96. The van der Waals surface area contributed by atoms with Gasteiger partial charge in [-0.3, -0.25) is 4.79 Å². The monoisotopic (exact) mass is 222 g/mol. The summed E-state index contributed by atoms with van der Waals surface area (Å²) in [6, 6.07) is 2.00. The van der Waals surface area contributed by atoms with Crippen molar-refractivity contribution >= 4 is 5.91 Å². The van der Waals surface area contributed by atoms with Gasteiger partial charge in [0.25, 0.3) is 0 Å². The lowest BCUT2D eigenvalue weighted by Crippen LogP contribution is -2.44. The average molecular weight is 222 g/mol. The first-order valence-corrected chi connectivity index (χ1v) is 6.27. The van der Waals surface area contributed by atoms with Gasteiger partial charge < -0.3 is 4.90 Å². The van der Waals surface area contributed by atoms with Crippen molar-refractivity contribution in [3.05, 3.63) is 0 Å². The van der Waals surface area contributed by atoms with Gasteiger partial charge >= 0.3 is 0 Å². The minimum atomic E-state index is -0.215. The summed E-state index contributed by atoms with van der Waals surface area (Å²) >= 11 is 0. The lowest BCUT2D eigenvalue weighted by molar-refractivity contribution is -0.136. The number of carbonyl (C=O) groups is 1. The zero-order chi connectivity index (χ0) is 12.1. The average Bonchev–Trinajstić information content (AvgIpc) is 2.21. The second-order valence-electron chi connectivity index (χ2n) is 5.13. The van der Waals surface area contributed by atoms with Crippen molar-refractivity contribution in [3.8, 4) is 6.07 Å². The van der Waals surface area contributed by atoms with E-state index in [1.165, 1.54) is 0 Å². The van der Waals surface area contributed by atoms with E-state index in [0.717, 1.165) is 25.8 Å². The van der Waals surface area contributed by atoms with Gasteiger partial charge in [-0.05, 0) is 31.1 Å². The molecule has 0 aromatic rings. The predicted octanol–water partition coefficient (Wildman–Crippen LogP) is 2.57. The van der Waals surface area contributed by atoms with E-state index >= 15 is 0 Å². The summed E-state index contributed by atoms with van der Waals surface area (Å²) in [4.78, 5) is 13.7. The Labute approximate surface area is 98.4 Å². The molecule has 1 heterocycles. The van der Waals surface area contributed by atoms with Crippen molar-refractivity contribution in [1.82, 2.24) is 4.90 Å². The van der Waals surface area contributed by atoms with Crippen LogP contribution in [0.25, 0.3) is 0 Å². The minimum Gasteiger partial charge on any atom is -0.327 e. The van der Waals surface area contributed by atoms with Crippen LogP contribution in [0.15, 0.2) is 0 Å². The highest BCUT2D eigenvalue weighted by atomic mass is 16.2. The quantitative estimate of drug-likeness (QED) is 0.733. The van der Waals surface area contributed by atoms with Gasteiger partial charge in [-0.25, -0.2) is 0 Å². The molecule has 0 bridgehead atoms. The zero-order valence-corrected chi connectivity index (χ0v) is 10.6. The molecular weight excluding hydrogens is 200 g/mol. The number of carbonyl (C=O) groups excluding carboxylic acids is 1. The molecule has 2 atom stereocenters. The van der Waals surface area contributed by atoms with Gasteiger partial charge in [0.1, 0.15) is 6.04 Å². The summed E-state index contributed by atoms with van der Waals surface area (Å²) in [5.41, 5.74) is 0. The van der Waals surface area contributed by atoms with Crippen molar-refractivity contribution in [1.29, 1.82) is 5.26 Å². The van der Waals surface area contributed by atoms with Gasteiger partial charge in [0.2, 0.25) is 5.91 Å². The highest BCUT2D eigenvalue weighted by Crippen LogP contribution is 2.26. The van der Waals surface area contributed by atoms with E-state index in [1.807, 2.05) is 6.92 Å². The number of hydrogen-bond acceptors (Lipinski definition) is 2. The highest BCUT2D eigenvalue weighted by molar-refractivity contribution is 5.77. The molecule has 0 radical (unpaired) electrons. The Morgan fingerprint density at radius 3 is 2.69 bits per heavy atom. The summed E-state index contributed by atoms with van der Waals surface area (Å²) in [6.07, 6.45) is 3.55. The Bertz CT molecular complexity index is 280. The van der Waals surface area contributed by atoms with Crippen LogP contribution in [-0.2, 0) is 4.79 Å². The molecular formula is C13H22N2O. The van der Waals surface area contributed by atoms with Crippen LogP contribution in [-0.4, -0.2) is 23.4 Å². The van der Waals surface area contributed by atoms with Crippen molar-refractivity contribution in [3.63, 3.8) is 0 Å². The molecule has 1 amide bonds. The molecule has 0 aromatic carbocycles. The van der Waals surface area contributed by atoms with Crippen LogP contribution in [0.1, 0.15) is 46.5 Å². The molecule has 1 aliphatic rings. The fraction of sp³-hybridized carbons (Fsp3) is 0.846. The molecule has 0 spiro atoms. The zero-order valence-electron chi connectivity index (χ0n) is 10.6. The van der Waals surface area contributed by atoms with Crippen LogP contribution in [0, 0.1) is 23.2 Å². The molecule has 1 fully saturated rings. The molecule has 1 aliphatic heterocycles. The van der Waals surface area contributed by atoms with Gasteiger partial charge in [-0.2, -0.15) is 5.26 Å². The van der Waals surface area contributed by atoms with Gasteiger partial charge in [0.15, 0.2) is 0 Å². The van der Waals surface area contributed by atoms with Gasteiger partial charge in [-0.1, -0.05) is 20.8 Å². The van der Waals surface area contributed by atoms with E-state index in [-0.39, 0.29) is 11.9 Å². The van der Waals surface area contributed by atoms with E-state index in [0.29, 0.717) is 18.3 Å². The first kappa shape index (κ1) is 13.0. The molecule has 0 aromatic heterocycles. The molecule has 0 saturated carbocycles. The lowest BCUT2D eigenvalue weighted by Gasteiger charge is -2.34. The van der Waals surface area contributed by atoms with E-state index in [1.54, 1.807) is 4.90 Å². The van der Waals surface area contributed by atoms with E-state index < -0.39 is 0 Å². The second kappa shape index (κ2) is 5.89. The lowest BCUT2D eigenvalue weighted by atomic mass is 9.87. The number of rotatable bonds is 4. The topological polar surface area (TPSA) is 44.1 Å². The van der Waals surface area contributed by atoms with Crippen molar-refractivity contribution in [2.45, 2.75) is 52.5 Å². The first-order chi connectivity index (χ1) is 7.58. The number of likely N-dealkylation sites (tertiary alicyclic amines) is 1. The van der Waals surface area contributed by atoms with Crippen LogP contribution >= 0.6 is 0 Å².